The van der Waals surface area contributed by atoms with Crippen LogP contribution in [0.4, 0.5) is 5.69 Å². The number of carbonyl (C=O) groups is 1. The zero-order valence-corrected chi connectivity index (χ0v) is 11.4. The third-order valence-electron chi connectivity index (χ3n) is 2.31. The van der Waals surface area contributed by atoms with Crippen molar-refractivity contribution < 1.29 is 9.53 Å². The van der Waals surface area contributed by atoms with Gasteiger partial charge in [-0.25, -0.2) is 0 Å². The Labute approximate surface area is 106 Å². The van der Waals surface area contributed by atoms with E-state index in [1.165, 1.54) is 11.8 Å². The molecule has 0 aliphatic heterocycles. The van der Waals surface area contributed by atoms with E-state index in [1.54, 1.807) is 38.2 Å². The lowest BCUT2D eigenvalue weighted by Gasteiger charge is -2.17. The fourth-order valence-corrected chi connectivity index (χ4v) is 2.43. The lowest BCUT2D eigenvalue weighted by atomic mass is 10.3. The Bertz CT molecular complexity index is 407. The SMILES string of the molecule is COc1ccc(N)c(SC(C)C(=O)N(C)C)c1. The van der Waals surface area contributed by atoms with Crippen molar-refractivity contribution in [2.24, 2.45) is 0 Å². The first-order chi connectivity index (χ1) is 7.95. The van der Waals surface area contributed by atoms with Crippen LogP contribution >= 0.6 is 11.8 Å². The maximum atomic E-state index is 11.7. The van der Waals surface area contributed by atoms with E-state index in [1.807, 2.05) is 13.0 Å². The van der Waals surface area contributed by atoms with Crippen molar-refractivity contribution in [2.75, 3.05) is 26.9 Å². The normalized spacial score (nSPS) is 12.0. The van der Waals surface area contributed by atoms with E-state index in [4.69, 9.17) is 10.5 Å². The molecular weight excluding hydrogens is 236 g/mol. The summed E-state index contributed by atoms with van der Waals surface area (Å²) in [6.45, 7) is 1.87. The van der Waals surface area contributed by atoms with Gasteiger partial charge in [-0.15, -0.1) is 11.8 Å². The molecule has 5 heteroatoms. The molecule has 94 valence electrons. The molecule has 0 fully saturated rings. The minimum Gasteiger partial charge on any atom is -0.497 e. The zero-order chi connectivity index (χ0) is 13.0. The summed E-state index contributed by atoms with van der Waals surface area (Å²) in [6, 6.07) is 5.44. The van der Waals surface area contributed by atoms with Crippen molar-refractivity contribution in [3.05, 3.63) is 18.2 Å². The first kappa shape index (κ1) is 13.7. The summed E-state index contributed by atoms with van der Waals surface area (Å²) in [5.74, 6) is 0.809. The number of hydrogen-bond donors (Lipinski definition) is 1. The van der Waals surface area contributed by atoms with E-state index in [0.717, 1.165) is 10.6 Å². The highest BCUT2D eigenvalue weighted by atomic mass is 32.2. The second-order valence-electron chi connectivity index (χ2n) is 3.90. The Kier molecular flexibility index (Phi) is 4.69. The summed E-state index contributed by atoms with van der Waals surface area (Å²) in [4.78, 5) is 14.2. The van der Waals surface area contributed by atoms with Crippen LogP contribution < -0.4 is 10.5 Å². The topological polar surface area (TPSA) is 55.6 Å². The number of rotatable bonds is 4. The van der Waals surface area contributed by atoms with Gasteiger partial charge in [-0.05, 0) is 25.1 Å². The number of carbonyl (C=O) groups excluding carboxylic acids is 1. The van der Waals surface area contributed by atoms with Gasteiger partial charge in [0.15, 0.2) is 0 Å². The quantitative estimate of drug-likeness (QED) is 0.658. The summed E-state index contributed by atoms with van der Waals surface area (Å²) in [5, 5.41) is -0.167. The van der Waals surface area contributed by atoms with Crippen LogP contribution in [0.5, 0.6) is 5.75 Å². The molecule has 1 rings (SSSR count). The minimum atomic E-state index is -0.167. The minimum absolute atomic E-state index is 0.0669. The summed E-state index contributed by atoms with van der Waals surface area (Å²) >= 11 is 1.44. The molecule has 0 bridgehead atoms. The van der Waals surface area contributed by atoms with Crippen LogP contribution in [0, 0.1) is 0 Å². The van der Waals surface area contributed by atoms with E-state index in [-0.39, 0.29) is 11.2 Å². The molecule has 0 aliphatic carbocycles. The van der Waals surface area contributed by atoms with Gasteiger partial charge in [-0.2, -0.15) is 0 Å². The molecule has 0 heterocycles. The molecule has 0 spiro atoms. The maximum Gasteiger partial charge on any atom is 0.235 e. The number of nitrogens with zero attached hydrogens (tertiary/aromatic N) is 1. The van der Waals surface area contributed by atoms with Crippen LogP contribution in [0.3, 0.4) is 0 Å². The van der Waals surface area contributed by atoms with Crippen molar-refractivity contribution in [1.82, 2.24) is 4.90 Å². The number of benzene rings is 1. The molecule has 0 radical (unpaired) electrons. The highest BCUT2D eigenvalue weighted by molar-refractivity contribution is 8.00. The van der Waals surface area contributed by atoms with Crippen molar-refractivity contribution in [2.45, 2.75) is 17.1 Å². The largest absolute Gasteiger partial charge is 0.497 e. The first-order valence-electron chi connectivity index (χ1n) is 5.27. The average Bonchev–Trinajstić information content (AvgIpc) is 2.30. The molecule has 1 amide bonds. The number of hydrogen-bond acceptors (Lipinski definition) is 4. The van der Waals surface area contributed by atoms with Crippen LogP contribution in [-0.2, 0) is 4.79 Å². The lowest BCUT2D eigenvalue weighted by Crippen LogP contribution is -2.29. The van der Waals surface area contributed by atoms with Crippen molar-refractivity contribution in [3.8, 4) is 5.75 Å². The van der Waals surface area contributed by atoms with E-state index in [0.29, 0.717) is 5.69 Å². The van der Waals surface area contributed by atoms with Crippen LogP contribution in [-0.4, -0.2) is 37.3 Å². The van der Waals surface area contributed by atoms with Crippen molar-refractivity contribution in [1.29, 1.82) is 0 Å². The van der Waals surface area contributed by atoms with E-state index in [9.17, 15) is 4.79 Å². The second kappa shape index (κ2) is 5.82. The summed E-state index contributed by atoms with van der Waals surface area (Å²) in [7, 11) is 5.09. The third-order valence-corrected chi connectivity index (χ3v) is 3.48. The number of nitrogen functional groups attached to an aromatic ring is 1. The van der Waals surface area contributed by atoms with Crippen LogP contribution in [0.25, 0.3) is 0 Å². The Morgan fingerprint density at radius 3 is 2.65 bits per heavy atom. The Hall–Kier alpha value is -1.36. The lowest BCUT2D eigenvalue weighted by molar-refractivity contribution is -0.127. The van der Waals surface area contributed by atoms with Crippen LogP contribution in [0.15, 0.2) is 23.1 Å². The number of ether oxygens (including phenoxy) is 1. The van der Waals surface area contributed by atoms with Crippen LogP contribution in [0.1, 0.15) is 6.92 Å². The van der Waals surface area contributed by atoms with Gasteiger partial charge in [-0.3, -0.25) is 4.79 Å². The smallest absolute Gasteiger partial charge is 0.235 e. The maximum absolute atomic E-state index is 11.7. The standard InChI is InChI=1S/C12H18N2O2S/c1-8(12(15)14(2)3)17-11-7-9(16-4)5-6-10(11)13/h5-8H,13H2,1-4H3. The number of anilines is 1. The van der Waals surface area contributed by atoms with Gasteiger partial charge in [0, 0.05) is 24.7 Å². The Balaban J connectivity index is 2.83. The summed E-state index contributed by atoms with van der Waals surface area (Å²) < 4.78 is 5.14. The molecule has 1 aromatic carbocycles. The van der Waals surface area contributed by atoms with E-state index < -0.39 is 0 Å². The van der Waals surface area contributed by atoms with Gasteiger partial charge in [0.2, 0.25) is 5.91 Å². The summed E-state index contributed by atoms with van der Waals surface area (Å²) in [6.07, 6.45) is 0. The fourth-order valence-electron chi connectivity index (χ4n) is 1.35. The molecule has 0 aromatic heterocycles. The van der Waals surface area contributed by atoms with Gasteiger partial charge >= 0.3 is 0 Å². The third kappa shape index (κ3) is 3.56. The van der Waals surface area contributed by atoms with Crippen LogP contribution in [0.2, 0.25) is 0 Å². The van der Waals surface area contributed by atoms with E-state index in [2.05, 4.69) is 0 Å². The predicted octanol–water partition coefficient (Wildman–Crippen LogP) is 1.85. The zero-order valence-electron chi connectivity index (χ0n) is 10.6. The Morgan fingerprint density at radius 2 is 2.12 bits per heavy atom. The molecule has 0 saturated heterocycles. The molecule has 1 unspecified atom stereocenters. The van der Waals surface area contributed by atoms with Gasteiger partial charge < -0.3 is 15.4 Å². The molecule has 0 aliphatic rings. The molecule has 1 atom stereocenters. The number of nitrogens with two attached hydrogens (primary N) is 1. The Morgan fingerprint density at radius 1 is 1.47 bits per heavy atom. The molecule has 17 heavy (non-hydrogen) atoms. The average molecular weight is 254 g/mol. The first-order valence-corrected chi connectivity index (χ1v) is 6.15. The molecule has 2 N–H and O–H groups in total. The molecule has 0 saturated carbocycles. The number of amides is 1. The van der Waals surface area contributed by atoms with E-state index >= 15 is 0 Å². The monoisotopic (exact) mass is 254 g/mol. The second-order valence-corrected chi connectivity index (χ2v) is 5.28. The number of methoxy groups -OCH3 is 1. The van der Waals surface area contributed by atoms with Gasteiger partial charge in [-0.1, -0.05) is 0 Å². The predicted molar refractivity (Wildman–Crippen MR) is 71.4 cm³/mol. The molecule has 1 aromatic rings. The van der Waals surface area contributed by atoms with Crippen molar-refractivity contribution >= 4 is 23.4 Å². The van der Waals surface area contributed by atoms with Gasteiger partial charge in [0.1, 0.15) is 5.75 Å². The summed E-state index contributed by atoms with van der Waals surface area (Å²) in [5.41, 5.74) is 6.53. The fraction of sp³-hybridized carbons (Fsp3) is 0.417. The van der Waals surface area contributed by atoms with Crippen molar-refractivity contribution in [3.63, 3.8) is 0 Å². The highest BCUT2D eigenvalue weighted by Crippen LogP contribution is 2.32. The van der Waals surface area contributed by atoms with Gasteiger partial charge in [0.05, 0.1) is 12.4 Å². The molecule has 4 nitrogen and oxygen atoms in total. The highest BCUT2D eigenvalue weighted by Gasteiger charge is 2.17. The molecular formula is C12H18N2O2S. The number of thioether (sulfide) groups is 1. The van der Waals surface area contributed by atoms with Gasteiger partial charge in [0.25, 0.3) is 0 Å².